The number of benzene rings is 1. The van der Waals surface area contributed by atoms with Crippen LogP contribution >= 0.6 is 0 Å². The third kappa shape index (κ3) is 2.15. The minimum atomic E-state index is -1.11. The number of nitrogens with zero attached hydrogens (tertiary/aromatic N) is 1. The molecule has 0 radical (unpaired) electrons. The number of nitrogens with one attached hydrogen (secondary N) is 1. The van der Waals surface area contributed by atoms with Crippen LogP contribution in [-0.2, 0) is 9.59 Å². The molecule has 6 heteroatoms. The molecule has 1 aliphatic heterocycles. The van der Waals surface area contributed by atoms with E-state index in [4.69, 9.17) is 0 Å². The highest BCUT2D eigenvalue weighted by Crippen LogP contribution is 2.29. The van der Waals surface area contributed by atoms with Crippen LogP contribution in [0.4, 0.5) is 14.5 Å². The first-order valence-corrected chi connectivity index (χ1v) is 6.41. The summed E-state index contributed by atoms with van der Waals surface area (Å²) >= 11 is 0. The van der Waals surface area contributed by atoms with Crippen molar-refractivity contribution in [1.29, 1.82) is 0 Å². The largest absolute Gasteiger partial charge is 0.340 e. The molecule has 0 bridgehead atoms. The molecule has 1 N–H and O–H groups in total. The van der Waals surface area contributed by atoms with Gasteiger partial charge in [-0.2, -0.15) is 0 Å². The SMILES string of the molecule is CCC1(C)NC(=O)C(C)N(c2cc(F)ccc2F)C1=O. The fourth-order valence-electron chi connectivity index (χ4n) is 2.22. The Morgan fingerprint density at radius 1 is 1.35 bits per heavy atom. The number of amides is 2. The average molecular weight is 282 g/mol. The van der Waals surface area contributed by atoms with Crippen LogP contribution < -0.4 is 10.2 Å². The molecule has 1 saturated heterocycles. The normalized spacial score (nSPS) is 26.6. The van der Waals surface area contributed by atoms with Crippen molar-refractivity contribution in [3.63, 3.8) is 0 Å². The Hall–Kier alpha value is -1.98. The van der Waals surface area contributed by atoms with E-state index in [9.17, 15) is 18.4 Å². The molecule has 1 aromatic rings. The van der Waals surface area contributed by atoms with Crippen molar-refractivity contribution in [2.75, 3.05) is 4.90 Å². The summed E-state index contributed by atoms with van der Waals surface area (Å²) < 4.78 is 27.2. The molecule has 1 heterocycles. The zero-order chi connectivity index (χ0) is 15.1. The van der Waals surface area contributed by atoms with Crippen LogP contribution in [0.1, 0.15) is 27.2 Å². The maximum Gasteiger partial charge on any atom is 0.253 e. The van der Waals surface area contributed by atoms with E-state index in [-0.39, 0.29) is 5.69 Å². The van der Waals surface area contributed by atoms with Gasteiger partial charge in [-0.1, -0.05) is 6.92 Å². The van der Waals surface area contributed by atoms with Crippen molar-refractivity contribution >= 4 is 17.5 Å². The Bertz CT molecular complexity index is 576. The molecule has 1 fully saturated rings. The molecule has 1 aliphatic rings. The minimum absolute atomic E-state index is 0.211. The molecule has 2 rings (SSSR count). The van der Waals surface area contributed by atoms with Gasteiger partial charge in [-0.05, 0) is 32.4 Å². The van der Waals surface area contributed by atoms with Gasteiger partial charge >= 0.3 is 0 Å². The highest BCUT2D eigenvalue weighted by atomic mass is 19.1. The fourth-order valence-corrected chi connectivity index (χ4v) is 2.22. The van der Waals surface area contributed by atoms with Crippen LogP contribution in [0.3, 0.4) is 0 Å². The fraction of sp³-hybridized carbons (Fsp3) is 0.429. The molecule has 0 saturated carbocycles. The molecule has 2 atom stereocenters. The van der Waals surface area contributed by atoms with Crippen molar-refractivity contribution in [2.45, 2.75) is 38.8 Å². The molecular weight excluding hydrogens is 266 g/mol. The molecule has 0 spiro atoms. The number of carbonyl (C=O) groups excluding carboxylic acids is 2. The highest BCUT2D eigenvalue weighted by molar-refractivity contribution is 6.10. The van der Waals surface area contributed by atoms with Crippen LogP contribution in [0.5, 0.6) is 0 Å². The van der Waals surface area contributed by atoms with Gasteiger partial charge < -0.3 is 5.32 Å². The van der Waals surface area contributed by atoms with Crippen molar-refractivity contribution in [1.82, 2.24) is 5.32 Å². The Morgan fingerprint density at radius 3 is 2.60 bits per heavy atom. The van der Waals surface area contributed by atoms with Crippen LogP contribution in [0.2, 0.25) is 0 Å². The van der Waals surface area contributed by atoms with E-state index in [1.807, 2.05) is 0 Å². The first kappa shape index (κ1) is 14.4. The molecule has 20 heavy (non-hydrogen) atoms. The van der Waals surface area contributed by atoms with Crippen LogP contribution in [0, 0.1) is 11.6 Å². The molecule has 108 valence electrons. The van der Waals surface area contributed by atoms with E-state index in [0.29, 0.717) is 6.42 Å². The Kier molecular flexibility index (Phi) is 3.50. The summed E-state index contributed by atoms with van der Waals surface area (Å²) in [6.07, 6.45) is 0.359. The lowest BCUT2D eigenvalue weighted by Crippen LogP contribution is -2.68. The second-order valence-electron chi connectivity index (χ2n) is 5.12. The average Bonchev–Trinajstić information content (AvgIpc) is 2.41. The maximum absolute atomic E-state index is 13.9. The first-order chi connectivity index (χ1) is 9.30. The third-order valence-electron chi connectivity index (χ3n) is 3.73. The summed E-state index contributed by atoms with van der Waals surface area (Å²) in [7, 11) is 0. The lowest BCUT2D eigenvalue weighted by Gasteiger charge is -2.42. The Labute approximate surface area is 115 Å². The van der Waals surface area contributed by atoms with Crippen molar-refractivity contribution in [3.05, 3.63) is 29.8 Å². The number of piperazine rings is 1. The van der Waals surface area contributed by atoms with Crippen LogP contribution in [-0.4, -0.2) is 23.4 Å². The zero-order valence-electron chi connectivity index (χ0n) is 11.5. The molecule has 2 unspecified atom stereocenters. The number of halogens is 2. The summed E-state index contributed by atoms with van der Waals surface area (Å²) in [5, 5.41) is 2.63. The van der Waals surface area contributed by atoms with E-state index in [1.54, 1.807) is 13.8 Å². The molecule has 2 amide bonds. The summed E-state index contributed by atoms with van der Waals surface area (Å²) in [6.45, 7) is 4.80. The van der Waals surface area contributed by atoms with Crippen molar-refractivity contribution < 1.29 is 18.4 Å². The monoisotopic (exact) mass is 282 g/mol. The second kappa shape index (κ2) is 4.85. The zero-order valence-corrected chi connectivity index (χ0v) is 11.5. The molecule has 0 aliphatic carbocycles. The molecule has 0 aromatic heterocycles. The van der Waals surface area contributed by atoms with E-state index < -0.39 is 35.0 Å². The number of carbonyl (C=O) groups is 2. The summed E-state index contributed by atoms with van der Waals surface area (Å²) in [4.78, 5) is 25.5. The van der Waals surface area contributed by atoms with Crippen molar-refractivity contribution in [2.24, 2.45) is 0 Å². The Balaban J connectivity index is 2.54. The number of hydrogen-bond acceptors (Lipinski definition) is 2. The quantitative estimate of drug-likeness (QED) is 0.901. The van der Waals surface area contributed by atoms with Gasteiger partial charge in [0.25, 0.3) is 5.91 Å². The predicted molar refractivity (Wildman–Crippen MR) is 70.1 cm³/mol. The van der Waals surface area contributed by atoms with E-state index in [2.05, 4.69) is 5.32 Å². The van der Waals surface area contributed by atoms with Crippen LogP contribution in [0.15, 0.2) is 18.2 Å². The van der Waals surface area contributed by atoms with Gasteiger partial charge in [-0.15, -0.1) is 0 Å². The highest BCUT2D eigenvalue weighted by Gasteiger charge is 2.46. The van der Waals surface area contributed by atoms with Gasteiger partial charge in [-0.3, -0.25) is 14.5 Å². The van der Waals surface area contributed by atoms with Gasteiger partial charge in [0.2, 0.25) is 5.91 Å². The van der Waals surface area contributed by atoms with Crippen molar-refractivity contribution in [3.8, 4) is 0 Å². The first-order valence-electron chi connectivity index (χ1n) is 6.41. The van der Waals surface area contributed by atoms with Crippen LogP contribution in [0.25, 0.3) is 0 Å². The van der Waals surface area contributed by atoms with E-state index in [1.165, 1.54) is 6.92 Å². The van der Waals surface area contributed by atoms with E-state index >= 15 is 0 Å². The molecule has 4 nitrogen and oxygen atoms in total. The Morgan fingerprint density at radius 2 is 2.00 bits per heavy atom. The summed E-state index contributed by atoms with van der Waals surface area (Å²) in [5.74, 6) is -2.24. The minimum Gasteiger partial charge on any atom is -0.340 e. The molecular formula is C14H16F2N2O2. The van der Waals surface area contributed by atoms with Gasteiger partial charge in [-0.25, -0.2) is 8.78 Å². The van der Waals surface area contributed by atoms with Gasteiger partial charge in [0, 0.05) is 6.07 Å². The van der Waals surface area contributed by atoms with Gasteiger partial charge in [0.1, 0.15) is 23.2 Å². The number of hydrogen-bond donors (Lipinski definition) is 1. The smallest absolute Gasteiger partial charge is 0.253 e. The predicted octanol–water partition coefficient (Wildman–Crippen LogP) is 1.98. The lowest BCUT2D eigenvalue weighted by molar-refractivity contribution is -0.137. The lowest BCUT2D eigenvalue weighted by atomic mass is 9.91. The second-order valence-corrected chi connectivity index (χ2v) is 5.12. The maximum atomic E-state index is 13.9. The number of rotatable bonds is 2. The molecule has 1 aromatic carbocycles. The topological polar surface area (TPSA) is 49.4 Å². The summed E-state index contributed by atoms with van der Waals surface area (Å²) in [6, 6.07) is 1.95. The van der Waals surface area contributed by atoms with Gasteiger partial charge in [0.05, 0.1) is 5.69 Å². The number of anilines is 1. The van der Waals surface area contributed by atoms with E-state index in [0.717, 1.165) is 23.1 Å². The van der Waals surface area contributed by atoms with Gasteiger partial charge in [0.15, 0.2) is 0 Å². The standard InChI is InChI=1S/C14H16F2N2O2/c1-4-14(3)13(20)18(8(2)12(19)17-14)11-7-9(15)5-6-10(11)16/h5-8H,4H2,1-3H3,(H,17,19). The third-order valence-corrected chi connectivity index (χ3v) is 3.73. The summed E-state index contributed by atoms with van der Waals surface area (Å²) in [5.41, 5.74) is -1.32.